The summed E-state index contributed by atoms with van der Waals surface area (Å²) in [6.07, 6.45) is 2.40. The molecule has 1 saturated carbocycles. The first kappa shape index (κ1) is 17.6. The van der Waals surface area contributed by atoms with Crippen LogP contribution in [-0.2, 0) is 4.79 Å². The molecule has 1 aliphatic carbocycles. The Morgan fingerprint density at radius 1 is 1.24 bits per heavy atom. The molecule has 0 atom stereocenters. The summed E-state index contributed by atoms with van der Waals surface area (Å²) in [5, 5.41) is 3.51. The van der Waals surface area contributed by atoms with Gasteiger partial charge in [-0.15, -0.1) is 0 Å². The van der Waals surface area contributed by atoms with Crippen molar-refractivity contribution < 1.29 is 4.79 Å². The van der Waals surface area contributed by atoms with E-state index in [1.54, 1.807) is 19.0 Å². The molecule has 1 aliphatic heterocycles. The normalized spacial score (nSPS) is 18.3. The second-order valence-corrected chi connectivity index (χ2v) is 7.16. The van der Waals surface area contributed by atoms with Crippen molar-refractivity contribution in [3.05, 3.63) is 29.8 Å². The van der Waals surface area contributed by atoms with Gasteiger partial charge >= 0.3 is 0 Å². The molecule has 2 aliphatic rings. The van der Waals surface area contributed by atoms with Gasteiger partial charge in [-0.05, 0) is 37.5 Å². The minimum absolute atomic E-state index is 0.0356. The molecule has 1 aromatic rings. The van der Waals surface area contributed by atoms with E-state index in [-0.39, 0.29) is 12.5 Å². The number of amides is 1. The van der Waals surface area contributed by atoms with E-state index in [0.717, 1.165) is 32.1 Å². The third-order valence-corrected chi connectivity index (χ3v) is 4.72. The van der Waals surface area contributed by atoms with Crippen LogP contribution in [0.15, 0.2) is 29.3 Å². The van der Waals surface area contributed by atoms with Gasteiger partial charge in [-0.25, -0.2) is 4.99 Å². The standard InChI is InChI=1S/C19H29N5O/c1-15-5-4-6-17(13-15)23-9-11-24(12-10-23)19(21-16-7-8-16)20-14-18(25)22(2)3/h4-6,13,16H,7-12,14H2,1-3H3,(H,20,21). The van der Waals surface area contributed by atoms with Crippen molar-refractivity contribution in [3.63, 3.8) is 0 Å². The summed E-state index contributed by atoms with van der Waals surface area (Å²) in [6.45, 7) is 6.12. The Labute approximate surface area is 150 Å². The van der Waals surface area contributed by atoms with Crippen molar-refractivity contribution in [2.75, 3.05) is 51.7 Å². The van der Waals surface area contributed by atoms with E-state index in [9.17, 15) is 4.79 Å². The molecule has 136 valence electrons. The average Bonchev–Trinajstić information content (AvgIpc) is 3.42. The summed E-state index contributed by atoms with van der Waals surface area (Å²) in [5.74, 6) is 0.926. The van der Waals surface area contributed by atoms with E-state index in [2.05, 4.69) is 51.3 Å². The van der Waals surface area contributed by atoms with Crippen molar-refractivity contribution in [1.82, 2.24) is 15.1 Å². The molecule has 0 aromatic heterocycles. The van der Waals surface area contributed by atoms with Gasteiger partial charge in [0, 0.05) is 52.0 Å². The van der Waals surface area contributed by atoms with E-state index in [1.807, 2.05) is 0 Å². The van der Waals surface area contributed by atoms with Crippen LogP contribution in [0.25, 0.3) is 0 Å². The molecule has 6 heteroatoms. The molecular formula is C19H29N5O. The lowest BCUT2D eigenvalue weighted by Gasteiger charge is -2.38. The van der Waals surface area contributed by atoms with E-state index in [0.29, 0.717) is 6.04 Å². The summed E-state index contributed by atoms with van der Waals surface area (Å²) in [4.78, 5) is 22.7. The number of nitrogens with one attached hydrogen (secondary N) is 1. The number of rotatable bonds is 4. The first-order valence-corrected chi connectivity index (χ1v) is 9.10. The van der Waals surface area contributed by atoms with Crippen molar-refractivity contribution in [2.45, 2.75) is 25.8 Å². The van der Waals surface area contributed by atoms with Crippen LogP contribution in [0.1, 0.15) is 18.4 Å². The van der Waals surface area contributed by atoms with Crippen LogP contribution in [-0.4, -0.2) is 74.5 Å². The third kappa shape index (κ3) is 4.87. The number of aliphatic imine (C=N–C) groups is 1. The highest BCUT2D eigenvalue weighted by molar-refractivity contribution is 5.85. The number of carbonyl (C=O) groups excluding carboxylic acids is 1. The zero-order chi connectivity index (χ0) is 17.8. The van der Waals surface area contributed by atoms with Gasteiger partial charge in [0.2, 0.25) is 5.91 Å². The highest BCUT2D eigenvalue weighted by atomic mass is 16.2. The maximum atomic E-state index is 11.9. The molecule has 3 rings (SSSR count). The minimum Gasteiger partial charge on any atom is -0.368 e. The number of hydrogen-bond donors (Lipinski definition) is 1. The second kappa shape index (κ2) is 7.76. The summed E-state index contributed by atoms with van der Waals surface area (Å²) in [7, 11) is 3.54. The number of guanidine groups is 1. The number of aryl methyl sites for hydroxylation is 1. The molecule has 1 heterocycles. The lowest BCUT2D eigenvalue weighted by molar-refractivity contribution is -0.127. The van der Waals surface area contributed by atoms with E-state index >= 15 is 0 Å². The van der Waals surface area contributed by atoms with Crippen molar-refractivity contribution in [1.29, 1.82) is 0 Å². The van der Waals surface area contributed by atoms with Gasteiger partial charge in [-0.2, -0.15) is 0 Å². The molecule has 1 saturated heterocycles. The highest BCUT2D eigenvalue weighted by Gasteiger charge is 2.27. The third-order valence-electron chi connectivity index (χ3n) is 4.72. The Bertz CT molecular complexity index is 630. The summed E-state index contributed by atoms with van der Waals surface area (Å²) < 4.78 is 0. The van der Waals surface area contributed by atoms with Gasteiger partial charge < -0.3 is 20.0 Å². The SMILES string of the molecule is Cc1cccc(N2CCN(C(=NCC(=O)N(C)C)NC3CC3)CC2)c1. The van der Waals surface area contributed by atoms with Crippen LogP contribution in [0, 0.1) is 6.92 Å². The Morgan fingerprint density at radius 2 is 1.96 bits per heavy atom. The van der Waals surface area contributed by atoms with Gasteiger partial charge in [0.15, 0.2) is 5.96 Å². The first-order valence-electron chi connectivity index (χ1n) is 9.10. The molecule has 0 unspecified atom stereocenters. The predicted octanol–water partition coefficient (Wildman–Crippen LogP) is 1.31. The van der Waals surface area contributed by atoms with Gasteiger partial charge in [0.25, 0.3) is 0 Å². The Hall–Kier alpha value is -2.24. The number of piperazine rings is 1. The smallest absolute Gasteiger partial charge is 0.243 e. The lowest BCUT2D eigenvalue weighted by atomic mass is 10.2. The molecule has 25 heavy (non-hydrogen) atoms. The lowest BCUT2D eigenvalue weighted by Crippen LogP contribution is -2.53. The quantitative estimate of drug-likeness (QED) is 0.662. The maximum absolute atomic E-state index is 11.9. The minimum atomic E-state index is 0.0356. The molecule has 0 bridgehead atoms. The van der Waals surface area contributed by atoms with E-state index < -0.39 is 0 Å². The number of hydrogen-bond acceptors (Lipinski definition) is 3. The van der Waals surface area contributed by atoms with Gasteiger partial charge in [-0.1, -0.05) is 12.1 Å². The molecule has 1 aromatic carbocycles. The average molecular weight is 343 g/mol. The molecule has 1 amide bonds. The first-order chi connectivity index (χ1) is 12.0. The zero-order valence-electron chi connectivity index (χ0n) is 15.5. The maximum Gasteiger partial charge on any atom is 0.243 e. The van der Waals surface area contributed by atoms with Crippen LogP contribution >= 0.6 is 0 Å². The Morgan fingerprint density at radius 3 is 2.56 bits per heavy atom. The number of benzene rings is 1. The monoisotopic (exact) mass is 343 g/mol. The van der Waals surface area contributed by atoms with E-state index in [4.69, 9.17) is 0 Å². The molecule has 0 spiro atoms. The molecule has 2 fully saturated rings. The fourth-order valence-electron chi connectivity index (χ4n) is 2.93. The van der Waals surface area contributed by atoms with Crippen LogP contribution in [0.4, 0.5) is 5.69 Å². The topological polar surface area (TPSA) is 51.2 Å². The van der Waals surface area contributed by atoms with Gasteiger partial charge in [-0.3, -0.25) is 4.79 Å². The van der Waals surface area contributed by atoms with Crippen molar-refractivity contribution >= 4 is 17.6 Å². The summed E-state index contributed by atoms with van der Waals surface area (Å²) in [6, 6.07) is 9.19. The van der Waals surface area contributed by atoms with Crippen LogP contribution in [0.3, 0.4) is 0 Å². The van der Waals surface area contributed by atoms with E-state index in [1.165, 1.54) is 24.1 Å². The summed E-state index contributed by atoms with van der Waals surface area (Å²) in [5.41, 5.74) is 2.58. The Balaban J connectivity index is 1.61. The molecule has 0 radical (unpaired) electrons. The van der Waals surface area contributed by atoms with Crippen molar-refractivity contribution in [3.8, 4) is 0 Å². The van der Waals surface area contributed by atoms with Gasteiger partial charge in [0.1, 0.15) is 6.54 Å². The molecule has 1 N–H and O–H groups in total. The zero-order valence-corrected chi connectivity index (χ0v) is 15.5. The second-order valence-electron chi connectivity index (χ2n) is 7.16. The summed E-state index contributed by atoms with van der Waals surface area (Å²) >= 11 is 0. The number of nitrogens with zero attached hydrogens (tertiary/aromatic N) is 4. The number of likely N-dealkylation sites (N-methyl/N-ethyl adjacent to an activating group) is 1. The predicted molar refractivity (Wildman–Crippen MR) is 102 cm³/mol. The largest absolute Gasteiger partial charge is 0.368 e. The van der Waals surface area contributed by atoms with Crippen LogP contribution in [0.5, 0.6) is 0 Å². The molecule has 6 nitrogen and oxygen atoms in total. The number of carbonyl (C=O) groups is 1. The fraction of sp³-hybridized carbons (Fsp3) is 0.579. The van der Waals surface area contributed by atoms with Gasteiger partial charge in [0.05, 0.1) is 0 Å². The molecular weight excluding hydrogens is 314 g/mol. The Kier molecular flexibility index (Phi) is 5.46. The highest BCUT2D eigenvalue weighted by Crippen LogP contribution is 2.20. The van der Waals surface area contributed by atoms with Crippen molar-refractivity contribution in [2.24, 2.45) is 4.99 Å². The van der Waals surface area contributed by atoms with Crippen LogP contribution in [0.2, 0.25) is 0 Å². The number of anilines is 1. The fourth-order valence-corrected chi connectivity index (χ4v) is 2.93. The van der Waals surface area contributed by atoms with Crippen LogP contribution < -0.4 is 10.2 Å².